The summed E-state index contributed by atoms with van der Waals surface area (Å²) < 4.78 is 0. The van der Waals surface area contributed by atoms with Crippen molar-refractivity contribution in [1.29, 1.82) is 0 Å². The lowest BCUT2D eigenvalue weighted by molar-refractivity contribution is -0.136. The molecule has 31 heavy (non-hydrogen) atoms. The van der Waals surface area contributed by atoms with Gasteiger partial charge in [-0.3, -0.25) is 34.3 Å². The number of benzene rings is 1. The summed E-state index contributed by atoms with van der Waals surface area (Å²) in [6.07, 6.45) is 6.11. The molecule has 8 heteroatoms. The number of amides is 4. The Hall–Kier alpha value is -2.58. The molecule has 8 nitrogen and oxygen atoms in total. The highest BCUT2D eigenvalue weighted by Gasteiger charge is 2.45. The van der Waals surface area contributed by atoms with Crippen LogP contribution in [0.5, 0.6) is 0 Å². The fourth-order valence-corrected chi connectivity index (χ4v) is 5.65. The molecule has 1 aromatic carbocycles. The highest BCUT2D eigenvalue weighted by molar-refractivity contribution is 6.24. The number of carbonyl (C=O) groups is 4. The van der Waals surface area contributed by atoms with Crippen LogP contribution in [0.25, 0.3) is 0 Å². The minimum absolute atomic E-state index is 0.126. The Kier molecular flexibility index (Phi) is 5.35. The van der Waals surface area contributed by atoms with Crippen LogP contribution in [0.1, 0.15) is 71.2 Å². The Morgan fingerprint density at radius 3 is 2.68 bits per heavy atom. The first-order valence-corrected chi connectivity index (χ1v) is 11.4. The van der Waals surface area contributed by atoms with Gasteiger partial charge in [-0.05, 0) is 56.8 Å². The standard InChI is InChI=1S/C23H28N4O4/c28-19-10-9-18(21(29)25-19)27-22(30)15-6-3-5-14(20(15)23(27)31)13-26-12-4-7-16-17(26)8-1-2-11-24-16/h3,5-6,16-18,24H,1-2,4,7-13H2,(H,25,28,29)/t16-,17+,18?/m1/s1. The van der Waals surface area contributed by atoms with Gasteiger partial charge in [-0.25, -0.2) is 0 Å². The second-order valence-electron chi connectivity index (χ2n) is 9.02. The highest BCUT2D eigenvalue weighted by Crippen LogP contribution is 2.32. The van der Waals surface area contributed by atoms with E-state index in [9.17, 15) is 19.2 Å². The average Bonchev–Trinajstić information content (AvgIpc) is 2.91. The molecule has 4 heterocycles. The van der Waals surface area contributed by atoms with Crippen molar-refractivity contribution >= 4 is 23.6 Å². The van der Waals surface area contributed by atoms with Crippen LogP contribution in [0.3, 0.4) is 0 Å². The van der Waals surface area contributed by atoms with E-state index in [1.54, 1.807) is 6.07 Å². The summed E-state index contributed by atoms with van der Waals surface area (Å²) in [5.74, 6) is -1.80. The summed E-state index contributed by atoms with van der Waals surface area (Å²) in [7, 11) is 0. The Bertz CT molecular complexity index is 946. The van der Waals surface area contributed by atoms with E-state index >= 15 is 0 Å². The van der Waals surface area contributed by atoms with Crippen molar-refractivity contribution < 1.29 is 19.2 Å². The Morgan fingerprint density at radius 2 is 1.84 bits per heavy atom. The molecule has 0 radical (unpaired) electrons. The molecule has 4 amide bonds. The molecule has 5 rings (SSSR count). The van der Waals surface area contributed by atoms with Crippen molar-refractivity contribution in [2.24, 2.45) is 0 Å². The largest absolute Gasteiger partial charge is 0.312 e. The molecular weight excluding hydrogens is 396 g/mol. The molecule has 3 fully saturated rings. The minimum Gasteiger partial charge on any atom is -0.312 e. The van der Waals surface area contributed by atoms with Gasteiger partial charge in [0.25, 0.3) is 11.8 Å². The van der Waals surface area contributed by atoms with E-state index < -0.39 is 23.8 Å². The zero-order valence-corrected chi connectivity index (χ0v) is 17.6. The molecule has 0 bridgehead atoms. The van der Waals surface area contributed by atoms with Crippen molar-refractivity contribution in [2.45, 2.75) is 69.6 Å². The minimum atomic E-state index is -0.927. The van der Waals surface area contributed by atoms with Gasteiger partial charge in [-0.2, -0.15) is 0 Å². The van der Waals surface area contributed by atoms with Crippen LogP contribution in [0.2, 0.25) is 0 Å². The van der Waals surface area contributed by atoms with E-state index in [0.717, 1.165) is 36.4 Å². The maximum Gasteiger partial charge on any atom is 0.262 e. The van der Waals surface area contributed by atoms with Crippen molar-refractivity contribution in [3.8, 4) is 0 Å². The van der Waals surface area contributed by atoms with Gasteiger partial charge in [-0.15, -0.1) is 0 Å². The van der Waals surface area contributed by atoms with Crippen LogP contribution >= 0.6 is 0 Å². The summed E-state index contributed by atoms with van der Waals surface area (Å²) in [4.78, 5) is 53.8. The molecule has 3 atom stereocenters. The number of hydrogen-bond donors (Lipinski definition) is 2. The lowest BCUT2D eigenvalue weighted by Gasteiger charge is -2.41. The van der Waals surface area contributed by atoms with Crippen LogP contribution in [-0.2, 0) is 16.1 Å². The predicted molar refractivity (Wildman–Crippen MR) is 112 cm³/mol. The molecule has 0 saturated carbocycles. The van der Waals surface area contributed by atoms with E-state index in [-0.39, 0.29) is 18.7 Å². The lowest BCUT2D eigenvalue weighted by Crippen LogP contribution is -2.54. The maximum atomic E-state index is 13.3. The van der Waals surface area contributed by atoms with Crippen LogP contribution in [-0.4, -0.2) is 64.6 Å². The Labute approximate surface area is 181 Å². The zero-order chi connectivity index (χ0) is 21.5. The van der Waals surface area contributed by atoms with Gasteiger partial charge in [0, 0.05) is 25.0 Å². The monoisotopic (exact) mass is 424 g/mol. The topological polar surface area (TPSA) is 98.8 Å². The summed E-state index contributed by atoms with van der Waals surface area (Å²) in [6, 6.07) is 5.39. The molecule has 0 aromatic heterocycles. The number of imide groups is 2. The molecule has 1 aromatic rings. The molecule has 0 spiro atoms. The molecule has 4 aliphatic rings. The van der Waals surface area contributed by atoms with Crippen LogP contribution < -0.4 is 10.6 Å². The number of rotatable bonds is 3. The molecule has 4 aliphatic heterocycles. The number of hydrogen-bond acceptors (Lipinski definition) is 6. The number of carbonyl (C=O) groups excluding carboxylic acids is 4. The number of fused-ring (bicyclic) bond motifs is 2. The van der Waals surface area contributed by atoms with Crippen LogP contribution in [0.15, 0.2) is 18.2 Å². The zero-order valence-electron chi connectivity index (χ0n) is 17.6. The first kappa shape index (κ1) is 20.3. The van der Waals surface area contributed by atoms with Crippen molar-refractivity contribution in [3.05, 3.63) is 34.9 Å². The number of piperidine rings is 2. The third-order valence-corrected chi connectivity index (χ3v) is 7.15. The summed E-state index contributed by atoms with van der Waals surface area (Å²) >= 11 is 0. The first-order valence-electron chi connectivity index (χ1n) is 11.4. The second kappa shape index (κ2) is 8.16. The Balaban J connectivity index is 1.42. The highest BCUT2D eigenvalue weighted by atomic mass is 16.2. The van der Waals surface area contributed by atoms with Gasteiger partial charge in [0.05, 0.1) is 11.1 Å². The van der Waals surface area contributed by atoms with E-state index in [2.05, 4.69) is 15.5 Å². The van der Waals surface area contributed by atoms with Crippen LogP contribution in [0, 0.1) is 0 Å². The van der Waals surface area contributed by atoms with Gasteiger partial charge < -0.3 is 5.32 Å². The molecule has 0 aliphatic carbocycles. The van der Waals surface area contributed by atoms with E-state index in [1.807, 2.05) is 12.1 Å². The van der Waals surface area contributed by atoms with Crippen LogP contribution in [0.4, 0.5) is 0 Å². The van der Waals surface area contributed by atoms with Crippen molar-refractivity contribution in [1.82, 2.24) is 20.4 Å². The first-order chi connectivity index (χ1) is 15.0. The maximum absolute atomic E-state index is 13.3. The lowest BCUT2D eigenvalue weighted by atomic mass is 9.92. The van der Waals surface area contributed by atoms with Crippen molar-refractivity contribution in [2.75, 3.05) is 13.1 Å². The van der Waals surface area contributed by atoms with Gasteiger partial charge >= 0.3 is 0 Å². The van der Waals surface area contributed by atoms with E-state index in [0.29, 0.717) is 29.8 Å². The third kappa shape index (κ3) is 3.57. The van der Waals surface area contributed by atoms with Crippen molar-refractivity contribution in [3.63, 3.8) is 0 Å². The van der Waals surface area contributed by atoms with Gasteiger partial charge in [-0.1, -0.05) is 18.6 Å². The fourth-order valence-electron chi connectivity index (χ4n) is 5.65. The number of nitrogens with one attached hydrogen (secondary N) is 2. The summed E-state index contributed by atoms with van der Waals surface area (Å²) in [5.41, 5.74) is 1.62. The second-order valence-corrected chi connectivity index (χ2v) is 9.02. The molecule has 2 N–H and O–H groups in total. The summed E-state index contributed by atoms with van der Waals surface area (Å²) in [5, 5.41) is 5.94. The fraction of sp³-hybridized carbons (Fsp3) is 0.565. The third-order valence-electron chi connectivity index (χ3n) is 7.15. The SMILES string of the molecule is O=C1CCC(N2C(=O)c3cccc(CN4CCC[C@H]5NCCCC[C@@H]54)c3C2=O)C(=O)N1. The quantitative estimate of drug-likeness (QED) is 0.708. The molecule has 1 unspecified atom stereocenters. The molecular formula is C23H28N4O4. The predicted octanol–water partition coefficient (Wildman–Crippen LogP) is 1.19. The smallest absolute Gasteiger partial charge is 0.262 e. The van der Waals surface area contributed by atoms with Gasteiger partial charge in [0.15, 0.2) is 0 Å². The normalized spacial score (nSPS) is 29.4. The van der Waals surface area contributed by atoms with E-state index in [1.165, 1.54) is 19.3 Å². The van der Waals surface area contributed by atoms with E-state index in [4.69, 9.17) is 0 Å². The van der Waals surface area contributed by atoms with Gasteiger partial charge in [0.2, 0.25) is 11.8 Å². The number of nitrogens with zero attached hydrogens (tertiary/aromatic N) is 2. The Morgan fingerprint density at radius 1 is 0.968 bits per heavy atom. The summed E-state index contributed by atoms with van der Waals surface area (Å²) in [6.45, 7) is 2.66. The van der Waals surface area contributed by atoms with Gasteiger partial charge in [0.1, 0.15) is 6.04 Å². The molecule has 164 valence electrons. The molecule has 3 saturated heterocycles. The number of likely N-dealkylation sites (tertiary alicyclic amines) is 1. The average molecular weight is 425 g/mol.